The van der Waals surface area contributed by atoms with Crippen LogP contribution in [0.15, 0.2) is 30.3 Å². The normalized spacial score (nSPS) is 27.1. The molecular formula is C15H21NO2. The van der Waals surface area contributed by atoms with Crippen molar-refractivity contribution in [1.29, 1.82) is 0 Å². The second-order valence-electron chi connectivity index (χ2n) is 5.04. The van der Waals surface area contributed by atoms with Gasteiger partial charge in [0.2, 0.25) is 0 Å². The number of benzene rings is 1. The Morgan fingerprint density at radius 2 is 2.17 bits per heavy atom. The first-order valence-electron chi connectivity index (χ1n) is 6.66. The highest BCUT2D eigenvalue weighted by atomic mass is 16.5. The molecule has 0 amide bonds. The van der Waals surface area contributed by atoms with Gasteiger partial charge in [-0.3, -0.25) is 4.79 Å². The third kappa shape index (κ3) is 2.41. The lowest BCUT2D eigenvalue weighted by Gasteiger charge is -2.31. The maximum absolute atomic E-state index is 12.3. The molecule has 0 saturated heterocycles. The Balaban J connectivity index is 2.23. The molecule has 2 unspecified atom stereocenters. The second-order valence-corrected chi connectivity index (χ2v) is 5.04. The molecule has 2 rings (SSSR count). The topological polar surface area (TPSA) is 52.3 Å². The molecule has 0 spiro atoms. The molecule has 0 aliphatic heterocycles. The summed E-state index contributed by atoms with van der Waals surface area (Å²) in [5.74, 6) is -0.126. The van der Waals surface area contributed by atoms with Gasteiger partial charge in [-0.15, -0.1) is 0 Å². The number of ether oxygens (including phenoxy) is 1. The average Bonchev–Trinajstić information content (AvgIpc) is 2.74. The maximum atomic E-state index is 12.3. The van der Waals surface area contributed by atoms with Crippen LogP contribution in [-0.4, -0.2) is 18.6 Å². The van der Waals surface area contributed by atoms with E-state index in [2.05, 4.69) is 0 Å². The van der Waals surface area contributed by atoms with Crippen LogP contribution in [0.1, 0.15) is 31.7 Å². The van der Waals surface area contributed by atoms with Gasteiger partial charge in [0.15, 0.2) is 0 Å². The molecule has 18 heavy (non-hydrogen) atoms. The van der Waals surface area contributed by atoms with E-state index >= 15 is 0 Å². The Kier molecular flexibility index (Phi) is 4.02. The summed E-state index contributed by atoms with van der Waals surface area (Å²) < 4.78 is 5.25. The Hall–Kier alpha value is -1.35. The summed E-state index contributed by atoms with van der Waals surface area (Å²) in [6, 6.07) is 9.98. The van der Waals surface area contributed by atoms with Crippen LogP contribution in [0.3, 0.4) is 0 Å². The van der Waals surface area contributed by atoms with Gasteiger partial charge in [0.25, 0.3) is 0 Å². The first kappa shape index (κ1) is 13.1. The van der Waals surface area contributed by atoms with Crippen molar-refractivity contribution in [2.75, 3.05) is 6.61 Å². The van der Waals surface area contributed by atoms with Gasteiger partial charge < -0.3 is 10.5 Å². The van der Waals surface area contributed by atoms with Gasteiger partial charge in [0, 0.05) is 6.04 Å². The summed E-state index contributed by atoms with van der Waals surface area (Å²) in [5, 5.41) is 0. The van der Waals surface area contributed by atoms with Crippen LogP contribution in [0.2, 0.25) is 0 Å². The third-order valence-corrected chi connectivity index (χ3v) is 3.89. The summed E-state index contributed by atoms with van der Waals surface area (Å²) in [6.07, 6.45) is 3.44. The fourth-order valence-corrected chi connectivity index (χ4v) is 2.88. The van der Waals surface area contributed by atoms with Crippen molar-refractivity contribution in [3.63, 3.8) is 0 Å². The molecule has 1 aromatic carbocycles. The van der Waals surface area contributed by atoms with Crippen LogP contribution in [0.5, 0.6) is 0 Å². The highest BCUT2D eigenvalue weighted by Gasteiger charge is 2.48. The molecular weight excluding hydrogens is 226 g/mol. The van der Waals surface area contributed by atoms with Crippen LogP contribution in [0, 0.1) is 5.41 Å². The number of esters is 1. The lowest BCUT2D eigenvalue weighted by atomic mass is 9.77. The van der Waals surface area contributed by atoms with Crippen LogP contribution < -0.4 is 5.73 Å². The molecule has 1 saturated carbocycles. The standard InChI is InChI=1S/C15H21NO2/c1-2-18-14(17)15(10-6-9-13(15)16)11-12-7-4-3-5-8-12/h3-5,7-8,13H,2,6,9-11,16H2,1H3. The Labute approximate surface area is 108 Å². The van der Waals surface area contributed by atoms with Gasteiger partial charge in [-0.05, 0) is 31.7 Å². The van der Waals surface area contributed by atoms with Crippen LogP contribution in [0.4, 0.5) is 0 Å². The molecule has 0 bridgehead atoms. The molecule has 1 aliphatic rings. The van der Waals surface area contributed by atoms with E-state index in [9.17, 15) is 4.79 Å². The summed E-state index contributed by atoms with van der Waals surface area (Å²) >= 11 is 0. The average molecular weight is 247 g/mol. The fourth-order valence-electron chi connectivity index (χ4n) is 2.88. The lowest BCUT2D eigenvalue weighted by molar-refractivity contribution is -0.156. The molecule has 0 heterocycles. The monoisotopic (exact) mass is 247 g/mol. The minimum absolute atomic E-state index is 0.0863. The summed E-state index contributed by atoms with van der Waals surface area (Å²) in [7, 11) is 0. The first-order chi connectivity index (χ1) is 8.69. The minimum Gasteiger partial charge on any atom is -0.466 e. The Morgan fingerprint density at radius 3 is 2.72 bits per heavy atom. The van der Waals surface area contributed by atoms with Crippen LogP contribution in [0.25, 0.3) is 0 Å². The molecule has 0 radical (unpaired) electrons. The van der Waals surface area contributed by atoms with Gasteiger partial charge in [0.1, 0.15) is 0 Å². The number of carbonyl (C=O) groups excluding carboxylic acids is 1. The zero-order valence-electron chi connectivity index (χ0n) is 10.9. The predicted molar refractivity (Wildman–Crippen MR) is 71.0 cm³/mol. The van der Waals surface area contributed by atoms with E-state index in [4.69, 9.17) is 10.5 Å². The van der Waals surface area contributed by atoms with Gasteiger partial charge in [-0.2, -0.15) is 0 Å². The molecule has 1 aromatic rings. The fraction of sp³-hybridized carbons (Fsp3) is 0.533. The van der Waals surface area contributed by atoms with E-state index in [0.29, 0.717) is 13.0 Å². The van der Waals surface area contributed by atoms with Crippen molar-refractivity contribution in [2.45, 2.75) is 38.6 Å². The van der Waals surface area contributed by atoms with Crippen molar-refractivity contribution in [1.82, 2.24) is 0 Å². The van der Waals surface area contributed by atoms with E-state index in [1.165, 1.54) is 0 Å². The van der Waals surface area contributed by atoms with E-state index in [1.54, 1.807) is 0 Å². The summed E-state index contributed by atoms with van der Waals surface area (Å²) in [6.45, 7) is 2.26. The number of carbonyl (C=O) groups is 1. The van der Waals surface area contributed by atoms with E-state index < -0.39 is 5.41 Å². The lowest BCUT2D eigenvalue weighted by Crippen LogP contribution is -2.46. The smallest absolute Gasteiger partial charge is 0.313 e. The Morgan fingerprint density at radius 1 is 1.44 bits per heavy atom. The SMILES string of the molecule is CCOC(=O)C1(Cc2ccccc2)CCCC1N. The van der Waals surface area contributed by atoms with Gasteiger partial charge in [0.05, 0.1) is 12.0 Å². The first-order valence-corrected chi connectivity index (χ1v) is 6.66. The zero-order chi connectivity index (χ0) is 13.0. The minimum atomic E-state index is -0.517. The van der Waals surface area contributed by atoms with Crippen molar-refractivity contribution in [3.8, 4) is 0 Å². The quantitative estimate of drug-likeness (QED) is 0.830. The summed E-state index contributed by atoms with van der Waals surface area (Å²) in [4.78, 5) is 12.3. The van der Waals surface area contributed by atoms with Gasteiger partial charge in [-0.1, -0.05) is 36.8 Å². The Bertz CT molecular complexity index is 404. The molecule has 1 fully saturated rings. The van der Waals surface area contributed by atoms with Crippen molar-refractivity contribution in [2.24, 2.45) is 11.1 Å². The third-order valence-electron chi connectivity index (χ3n) is 3.89. The maximum Gasteiger partial charge on any atom is 0.313 e. The molecule has 3 nitrogen and oxygen atoms in total. The van der Waals surface area contributed by atoms with E-state index in [0.717, 1.165) is 24.8 Å². The highest BCUT2D eigenvalue weighted by molar-refractivity contribution is 5.78. The van der Waals surface area contributed by atoms with Crippen molar-refractivity contribution in [3.05, 3.63) is 35.9 Å². The highest BCUT2D eigenvalue weighted by Crippen LogP contribution is 2.41. The van der Waals surface area contributed by atoms with Crippen LogP contribution in [-0.2, 0) is 16.0 Å². The van der Waals surface area contributed by atoms with Gasteiger partial charge >= 0.3 is 5.97 Å². The van der Waals surface area contributed by atoms with Crippen molar-refractivity contribution < 1.29 is 9.53 Å². The zero-order valence-corrected chi connectivity index (χ0v) is 10.9. The summed E-state index contributed by atoms with van der Waals surface area (Å²) in [5.41, 5.74) is 6.83. The van der Waals surface area contributed by atoms with Crippen molar-refractivity contribution >= 4 is 5.97 Å². The number of hydrogen-bond donors (Lipinski definition) is 1. The molecule has 2 N–H and O–H groups in total. The van der Waals surface area contributed by atoms with Crippen LogP contribution >= 0.6 is 0 Å². The predicted octanol–water partition coefficient (Wildman–Crippen LogP) is 2.29. The molecule has 1 aliphatic carbocycles. The molecule has 2 atom stereocenters. The van der Waals surface area contributed by atoms with E-state index in [1.807, 2.05) is 37.3 Å². The molecule has 3 heteroatoms. The van der Waals surface area contributed by atoms with Gasteiger partial charge in [-0.25, -0.2) is 0 Å². The largest absolute Gasteiger partial charge is 0.466 e. The number of rotatable bonds is 4. The van der Waals surface area contributed by atoms with E-state index in [-0.39, 0.29) is 12.0 Å². The molecule has 0 aromatic heterocycles. The number of hydrogen-bond acceptors (Lipinski definition) is 3. The number of nitrogens with two attached hydrogens (primary N) is 1. The molecule has 98 valence electrons. The second kappa shape index (κ2) is 5.53.